The molecule has 1 fully saturated rings. The summed E-state index contributed by atoms with van der Waals surface area (Å²) in [6, 6.07) is 9.61. The molecule has 2 aromatic rings. The Balaban J connectivity index is 1.86. The Bertz CT molecular complexity index is 530. The van der Waals surface area contributed by atoms with Crippen molar-refractivity contribution in [3.05, 3.63) is 36.2 Å². The molecule has 1 aliphatic rings. The molecule has 0 atom stereocenters. The van der Waals surface area contributed by atoms with Crippen molar-refractivity contribution in [2.24, 2.45) is 5.92 Å². The third-order valence-electron chi connectivity index (χ3n) is 2.90. The first-order valence-corrected chi connectivity index (χ1v) is 5.70. The molecule has 17 heavy (non-hydrogen) atoms. The maximum Gasteiger partial charge on any atom is 0.164 e. The smallest absolute Gasteiger partial charge is 0.164 e. The lowest BCUT2D eigenvalue weighted by Crippen LogP contribution is -2.11. The second-order valence-electron chi connectivity index (χ2n) is 4.26. The molecule has 1 heterocycles. The summed E-state index contributed by atoms with van der Waals surface area (Å²) in [5, 5.41) is 11.5. The Labute approximate surface area is 98.5 Å². The van der Waals surface area contributed by atoms with Gasteiger partial charge < -0.3 is 0 Å². The summed E-state index contributed by atoms with van der Waals surface area (Å²) in [4.78, 5) is 11.7. The monoisotopic (exact) mass is 228 g/mol. The average molecular weight is 228 g/mol. The molecule has 1 aliphatic carbocycles. The molecule has 0 amide bonds. The number of hydrogen-bond acceptors (Lipinski definition) is 4. The molecule has 1 saturated carbocycles. The highest BCUT2D eigenvalue weighted by molar-refractivity contribution is 5.84. The molecule has 5 nitrogen and oxygen atoms in total. The number of rotatable bonds is 4. The zero-order valence-corrected chi connectivity index (χ0v) is 9.28. The van der Waals surface area contributed by atoms with Crippen molar-refractivity contribution in [1.82, 2.24) is 20.2 Å². The van der Waals surface area contributed by atoms with Gasteiger partial charge in [0.25, 0.3) is 0 Å². The van der Waals surface area contributed by atoms with Gasteiger partial charge in [-0.2, -0.15) is 4.68 Å². The van der Waals surface area contributed by atoms with E-state index in [4.69, 9.17) is 0 Å². The van der Waals surface area contributed by atoms with Crippen LogP contribution in [0.1, 0.15) is 18.7 Å². The highest BCUT2D eigenvalue weighted by atomic mass is 16.1. The van der Waals surface area contributed by atoms with E-state index in [0.717, 1.165) is 18.5 Å². The van der Waals surface area contributed by atoms with Gasteiger partial charge in [-0.15, -0.1) is 5.10 Å². The third-order valence-corrected chi connectivity index (χ3v) is 2.90. The number of hydrogen-bond donors (Lipinski definition) is 0. The summed E-state index contributed by atoms with van der Waals surface area (Å²) in [7, 11) is 0. The molecule has 0 N–H and O–H groups in total. The van der Waals surface area contributed by atoms with E-state index in [9.17, 15) is 4.79 Å². The number of Topliss-reactive ketones (excluding diaryl/α,β-unsaturated/α-hetero) is 1. The molecule has 0 spiro atoms. The summed E-state index contributed by atoms with van der Waals surface area (Å²) in [6.07, 6.45) is 2.37. The molecule has 0 saturated heterocycles. The number of carbonyl (C=O) groups excluding carboxylic acids is 1. The molecule has 5 heteroatoms. The van der Waals surface area contributed by atoms with Crippen LogP contribution in [-0.4, -0.2) is 26.0 Å². The van der Waals surface area contributed by atoms with Crippen LogP contribution in [-0.2, 0) is 11.2 Å². The minimum Gasteiger partial charge on any atom is -0.299 e. The fourth-order valence-electron chi connectivity index (χ4n) is 1.79. The van der Waals surface area contributed by atoms with Crippen LogP contribution in [0, 0.1) is 5.92 Å². The first-order chi connectivity index (χ1) is 8.34. The Kier molecular flexibility index (Phi) is 2.44. The van der Waals surface area contributed by atoms with Gasteiger partial charge in [0.2, 0.25) is 0 Å². The highest BCUT2D eigenvalue weighted by Gasteiger charge is 2.30. The largest absolute Gasteiger partial charge is 0.299 e. The molecule has 0 aliphatic heterocycles. The summed E-state index contributed by atoms with van der Waals surface area (Å²) in [6.45, 7) is 0. The Morgan fingerprint density at radius 3 is 2.76 bits per heavy atom. The normalized spacial score (nSPS) is 14.8. The van der Waals surface area contributed by atoms with Crippen LogP contribution in [0.3, 0.4) is 0 Å². The van der Waals surface area contributed by atoms with Gasteiger partial charge in [0, 0.05) is 5.92 Å². The van der Waals surface area contributed by atoms with Crippen LogP contribution in [0.5, 0.6) is 0 Å². The van der Waals surface area contributed by atoms with Gasteiger partial charge in [0.1, 0.15) is 5.78 Å². The third kappa shape index (κ3) is 2.08. The van der Waals surface area contributed by atoms with Gasteiger partial charge in [-0.1, -0.05) is 18.2 Å². The number of aromatic nitrogens is 4. The van der Waals surface area contributed by atoms with Crippen molar-refractivity contribution in [3.63, 3.8) is 0 Å². The van der Waals surface area contributed by atoms with Crippen molar-refractivity contribution in [3.8, 4) is 5.69 Å². The molecule has 86 valence electrons. The van der Waals surface area contributed by atoms with Crippen LogP contribution in [0.2, 0.25) is 0 Å². The summed E-state index contributed by atoms with van der Waals surface area (Å²) in [5.41, 5.74) is 0.885. The van der Waals surface area contributed by atoms with E-state index in [1.54, 1.807) is 4.68 Å². The second kappa shape index (κ2) is 4.08. The van der Waals surface area contributed by atoms with Gasteiger partial charge in [0.15, 0.2) is 5.82 Å². The standard InChI is InChI=1S/C12H12N4O/c17-11(9-6-7-9)8-12-13-14-15-16(12)10-4-2-1-3-5-10/h1-5,9H,6-8H2. The van der Waals surface area contributed by atoms with Crippen LogP contribution in [0.25, 0.3) is 5.69 Å². The topological polar surface area (TPSA) is 60.7 Å². The van der Waals surface area contributed by atoms with E-state index in [1.807, 2.05) is 30.3 Å². The maximum absolute atomic E-state index is 11.7. The number of tetrazole rings is 1. The van der Waals surface area contributed by atoms with Crippen molar-refractivity contribution < 1.29 is 4.79 Å². The number of carbonyl (C=O) groups is 1. The molecule has 3 rings (SSSR count). The summed E-state index contributed by atoms with van der Waals surface area (Å²) in [5.74, 6) is 1.11. The molecule has 0 radical (unpaired) electrons. The number of nitrogens with zero attached hydrogens (tertiary/aromatic N) is 4. The van der Waals surface area contributed by atoms with E-state index >= 15 is 0 Å². The SMILES string of the molecule is O=C(Cc1nnnn1-c1ccccc1)C1CC1. The van der Waals surface area contributed by atoms with Crippen LogP contribution < -0.4 is 0 Å². The van der Waals surface area contributed by atoms with Crippen molar-refractivity contribution in [2.75, 3.05) is 0 Å². The summed E-state index contributed by atoms with van der Waals surface area (Å²) < 4.78 is 1.63. The van der Waals surface area contributed by atoms with Crippen LogP contribution in [0.4, 0.5) is 0 Å². The van der Waals surface area contributed by atoms with Gasteiger partial charge in [-0.25, -0.2) is 0 Å². The molecular weight excluding hydrogens is 216 g/mol. The van der Waals surface area contributed by atoms with E-state index < -0.39 is 0 Å². The summed E-state index contributed by atoms with van der Waals surface area (Å²) >= 11 is 0. The number of ketones is 1. The Morgan fingerprint density at radius 1 is 1.29 bits per heavy atom. The van der Waals surface area contributed by atoms with Crippen LogP contribution >= 0.6 is 0 Å². The average Bonchev–Trinajstić information content (AvgIpc) is 3.12. The van der Waals surface area contributed by atoms with Gasteiger partial charge in [-0.05, 0) is 35.4 Å². The minimum atomic E-state index is 0.246. The lowest BCUT2D eigenvalue weighted by molar-refractivity contribution is -0.119. The molecule has 0 bridgehead atoms. The lowest BCUT2D eigenvalue weighted by Gasteiger charge is -2.02. The second-order valence-corrected chi connectivity index (χ2v) is 4.26. The van der Waals surface area contributed by atoms with Gasteiger partial charge in [0.05, 0.1) is 12.1 Å². The first-order valence-electron chi connectivity index (χ1n) is 5.70. The lowest BCUT2D eigenvalue weighted by atomic mass is 10.2. The molecule has 0 unspecified atom stereocenters. The highest BCUT2D eigenvalue weighted by Crippen LogP contribution is 2.30. The van der Waals surface area contributed by atoms with Crippen molar-refractivity contribution in [1.29, 1.82) is 0 Å². The van der Waals surface area contributed by atoms with Gasteiger partial charge >= 0.3 is 0 Å². The minimum absolute atomic E-state index is 0.246. The Morgan fingerprint density at radius 2 is 2.06 bits per heavy atom. The van der Waals surface area contributed by atoms with E-state index in [2.05, 4.69) is 15.5 Å². The number of para-hydroxylation sites is 1. The van der Waals surface area contributed by atoms with Crippen molar-refractivity contribution >= 4 is 5.78 Å². The van der Waals surface area contributed by atoms with E-state index in [0.29, 0.717) is 12.2 Å². The van der Waals surface area contributed by atoms with E-state index in [1.165, 1.54) is 0 Å². The van der Waals surface area contributed by atoms with Gasteiger partial charge in [-0.3, -0.25) is 4.79 Å². The fraction of sp³-hybridized carbons (Fsp3) is 0.333. The predicted octanol–water partition coefficient (Wildman–Crippen LogP) is 1.18. The van der Waals surface area contributed by atoms with Crippen molar-refractivity contribution in [2.45, 2.75) is 19.3 Å². The maximum atomic E-state index is 11.7. The molecule has 1 aromatic carbocycles. The fourth-order valence-corrected chi connectivity index (χ4v) is 1.79. The zero-order chi connectivity index (χ0) is 11.7. The first kappa shape index (κ1) is 10.1. The number of benzene rings is 1. The Hall–Kier alpha value is -2.04. The predicted molar refractivity (Wildman–Crippen MR) is 60.6 cm³/mol. The van der Waals surface area contributed by atoms with E-state index in [-0.39, 0.29) is 11.7 Å². The quantitative estimate of drug-likeness (QED) is 0.788. The van der Waals surface area contributed by atoms with Crippen LogP contribution in [0.15, 0.2) is 30.3 Å². The molecular formula is C12H12N4O. The molecule has 1 aromatic heterocycles. The zero-order valence-electron chi connectivity index (χ0n) is 9.28.